The van der Waals surface area contributed by atoms with Crippen molar-refractivity contribution in [3.8, 4) is 5.88 Å². The van der Waals surface area contributed by atoms with Crippen LogP contribution in [0.1, 0.15) is 12.6 Å². The molecule has 1 aromatic rings. The molecule has 0 amide bonds. The minimum Gasteiger partial charge on any atom is -0.478 e. The number of nitrogens with two attached hydrogens (primary N) is 1. The Labute approximate surface area is 93.3 Å². The van der Waals surface area contributed by atoms with Crippen molar-refractivity contribution >= 4 is 29.8 Å². The highest BCUT2D eigenvalue weighted by Crippen LogP contribution is 2.17. The van der Waals surface area contributed by atoms with Gasteiger partial charge in [0.05, 0.1) is 11.6 Å². The van der Waals surface area contributed by atoms with Gasteiger partial charge in [-0.05, 0) is 13.0 Å². The molecule has 0 spiro atoms. The van der Waals surface area contributed by atoms with E-state index in [1.807, 2.05) is 6.92 Å². The molecule has 4 nitrogen and oxygen atoms in total. The van der Waals surface area contributed by atoms with Crippen molar-refractivity contribution in [3.63, 3.8) is 0 Å². The van der Waals surface area contributed by atoms with Crippen LogP contribution < -0.4 is 10.5 Å². The van der Waals surface area contributed by atoms with Crippen LogP contribution in [0, 0.1) is 5.41 Å². The SMILES string of the molecule is CCOc1ccc(Cl)c(C(=N)N)n1.Cl. The van der Waals surface area contributed by atoms with E-state index in [4.69, 9.17) is 27.5 Å². The van der Waals surface area contributed by atoms with Crippen molar-refractivity contribution in [3.05, 3.63) is 22.8 Å². The summed E-state index contributed by atoms with van der Waals surface area (Å²) in [5.41, 5.74) is 5.52. The number of nitrogens with one attached hydrogen (secondary N) is 1. The van der Waals surface area contributed by atoms with E-state index in [0.29, 0.717) is 17.5 Å². The van der Waals surface area contributed by atoms with E-state index in [1.54, 1.807) is 12.1 Å². The van der Waals surface area contributed by atoms with Crippen LogP contribution in [0.4, 0.5) is 0 Å². The summed E-state index contributed by atoms with van der Waals surface area (Å²) < 4.78 is 5.13. The van der Waals surface area contributed by atoms with Crippen LogP contribution in [-0.4, -0.2) is 17.4 Å². The molecule has 1 heterocycles. The normalized spacial score (nSPS) is 9.00. The van der Waals surface area contributed by atoms with Crippen LogP contribution in [0.3, 0.4) is 0 Å². The van der Waals surface area contributed by atoms with Gasteiger partial charge in [0.2, 0.25) is 5.88 Å². The highest BCUT2D eigenvalue weighted by molar-refractivity contribution is 6.33. The Morgan fingerprint density at radius 2 is 2.29 bits per heavy atom. The van der Waals surface area contributed by atoms with Crippen molar-refractivity contribution in [2.24, 2.45) is 5.73 Å². The van der Waals surface area contributed by atoms with E-state index in [1.165, 1.54) is 0 Å². The summed E-state index contributed by atoms with van der Waals surface area (Å²) in [4.78, 5) is 3.96. The van der Waals surface area contributed by atoms with Gasteiger partial charge in [-0.3, -0.25) is 5.41 Å². The Morgan fingerprint density at radius 3 is 2.79 bits per heavy atom. The smallest absolute Gasteiger partial charge is 0.213 e. The Kier molecular flexibility index (Phi) is 5.27. The molecular formula is C8H11Cl2N3O. The van der Waals surface area contributed by atoms with Crippen molar-refractivity contribution in [1.29, 1.82) is 5.41 Å². The summed E-state index contributed by atoms with van der Waals surface area (Å²) in [5.74, 6) is 0.267. The van der Waals surface area contributed by atoms with Gasteiger partial charge in [0, 0.05) is 6.07 Å². The molecule has 0 fully saturated rings. The number of halogens is 2. The summed E-state index contributed by atoms with van der Waals surface area (Å²) in [7, 11) is 0. The molecule has 0 radical (unpaired) electrons. The molecule has 78 valence electrons. The quantitative estimate of drug-likeness (QED) is 0.621. The van der Waals surface area contributed by atoms with Gasteiger partial charge in [-0.25, -0.2) is 4.98 Å². The molecule has 6 heteroatoms. The molecular weight excluding hydrogens is 225 g/mol. The Balaban J connectivity index is 0.00000169. The molecule has 0 aliphatic heterocycles. The number of pyridine rings is 1. The second-order valence-electron chi connectivity index (χ2n) is 2.33. The molecule has 0 saturated heterocycles. The highest BCUT2D eigenvalue weighted by Gasteiger charge is 2.06. The summed E-state index contributed by atoms with van der Waals surface area (Å²) >= 11 is 5.75. The maximum atomic E-state index is 7.18. The average Bonchev–Trinajstić information content (AvgIpc) is 2.08. The minimum atomic E-state index is -0.161. The molecule has 0 bridgehead atoms. The lowest BCUT2D eigenvalue weighted by atomic mass is 10.3. The van der Waals surface area contributed by atoms with E-state index in [9.17, 15) is 0 Å². The number of hydrogen-bond donors (Lipinski definition) is 2. The number of nitrogens with zero attached hydrogens (tertiary/aromatic N) is 1. The monoisotopic (exact) mass is 235 g/mol. The molecule has 0 aromatic carbocycles. The topological polar surface area (TPSA) is 72.0 Å². The Morgan fingerprint density at radius 1 is 1.64 bits per heavy atom. The third-order valence-corrected chi connectivity index (χ3v) is 1.67. The van der Waals surface area contributed by atoms with Gasteiger partial charge in [-0.1, -0.05) is 11.6 Å². The number of ether oxygens (including phenoxy) is 1. The fourth-order valence-corrected chi connectivity index (χ4v) is 1.05. The van der Waals surface area contributed by atoms with Gasteiger partial charge < -0.3 is 10.5 Å². The van der Waals surface area contributed by atoms with Crippen LogP contribution in [0.15, 0.2) is 12.1 Å². The van der Waals surface area contributed by atoms with E-state index in [-0.39, 0.29) is 23.9 Å². The van der Waals surface area contributed by atoms with Crippen LogP contribution in [0.5, 0.6) is 5.88 Å². The summed E-state index contributed by atoms with van der Waals surface area (Å²) in [5, 5.41) is 7.54. The molecule has 0 unspecified atom stereocenters. The van der Waals surface area contributed by atoms with E-state index < -0.39 is 0 Å². The molecule has 14 heavy (non-hydrogen) atoms. The first kappa shape index (κ1) is 13.0. The molecule has 1 aromatic heterocycles. The second-order valence-corrected chi connectivity index (χ2v) is 2.73. The van der Waals surface area contributed by atoms with E-state index >= 15 is 0 Å². The fourth-order valence-electron chi connectivity index (χ4n) is 0.841. The van der Waals surface area contributed by atoms with Crippen LogP contribution in [0.2, 0.25) is 5.02 Å². The van der Waals surface area contributed by atoms with Gasteiger partial charge in [-0.15, -0.1) is 12.4 Å². The molecule has 0 saturated carbocycles. The summed E-state index contributed by atoms with van der Waals surface area (Å²) in [6.07, 6.45) is 0. The Bertz CT molecular complexity index is 330. The van der Waals surface area contributed by atoms with Crippen molar-refractivity contribution in [2.75, 3.05) is 6.61 Å². The van der Waals surface area contributed by atoms with Gasteiger partial charge in [-0.2, -0.15) is 0 Å². The van der Waals surface area contributed by atoms with Crippen LogP contribution >= 0.6 is 24.0 Å². The van der Waals surface area contributed by atoms with Gasteiger partial charge >= 0.3 is 0 Å². The average molecular weight is 236 g/mol. The van der Waals surface area contributed by atoms with Gasteiger partial charge in [0.15, 0.2) is 0 Å². The number of nitrogen functional groups attached to an aromatic ring is 1. The second kappa shape index (κ2) is 5.67. The van der Waals surface area contributed by atoms with Gasteiger partial charge in [0.1, 0.15) is 11.5 Å². The summed E-state index contributed by atoms with van der Waals surface area (Å²) in [6, 6.07) is 3.24. The van der Waals surface area contributed by atoms with E-state index in [2.05, 4.69) is 4.98 Å². The zero-order valence-corrected chi connectivity index (χ0v) is 9.15. The predicted octanol–water partition coefficient (Wildman–Crippen LogP) is 1.84. The first-order valence-corrected chi connectivity index (χ1v) is 4.16. The fraction of sp³-hybridized carbons (Fsp3) is 0.250. The standard InChI is InChI=1S/C8H10ClN3O.ClH/c1-2-13-6-4-3-5(9)7(12-6)8(10)11;/h3-4H,2H2,1H3,(H3,10,11);1H. The van der Waals surface area contributed by atoms with Crippen LogP contribution in [-0.2, 0) is 0 Å². The largest absolute Gasteiger partial charge is 0.478 e. The zero-order chi connectivity index (χ0) is 9.84. The van der Waals surface area contributed by atoms with Crippen LogP contribution in [0.25, 0.3) is 0 Å². The van der Waals surface area contributed by atoms with Crippen molar-refractivity contribution in [2.45, 2.75) is 6.92 Å². The van der Waals surface area contributed by atoms with Gasteiger partial charge in [0.25, 0.3) is 0 Å². The number of rotatable bonds is 3. The third kappa shape index (κ3) is 3.05. The lowest BCUT2D eigenvalue weighted by molar-refractivity contribution is 0.326. The minimum absolute atomic E-state index is 0. The predicted molar refractivity (Wildman–Crippen MR) is 58.7 cm³/mol. The van der Waals surface area contributed by atoms with Crippen molar-refractivity contribution < 1.29 is 4.74 Å². The highest BCUT2D eigenvalue weighted by atomic mass is 35.5. The maximum Gasteiger partial charge on any atom is 0.213 e. The number of amidine groups is 1. The zero-order valence-electron chi connectivity index (χ0n) is 7.58. The number of hydrogen-bond acceptors (Lipinski definition) is 3. The lowest BCUT2D eigenvalue weighted by Crippen LogP contribution is -2.14. The molecule has 3 N–H and O–H groups in total. The first-order valence-electron chi connectivity index (χ1n) is 3.79. The number of aromatic nitrogens is 1. The molecule has 1 rings (SSSR count). The maximum absolute atomic E-state index is 7.18. The molecule has 0 aliphatic carbocycles. The third-order valence-electron chi connectivity index (χ3n) is 1.37. The first-order chi connectivity index (χ1) is 6.15. The molecule has 0 aliphatic rings. The molecule has 0 atom stereocenters. The van der Waals surface area contributed by atoms with Crippen molar-refractivity contribution in [1.82, 2.24) is 4.98 Å². The lowest BCUT2D eigenvalue weighted by Gasteiger charge is -2.05. The van der Waals surface area contributed by atoms with E-state index in [0.717, 1.165) is 0 Å². The summed E-state index contributed by atoms with van der Waals surface area (Å²) in [6.45, 7) is 2.37. The Hall–Kier alpha value is -1.00.